The van der Waals surface area contributed by atoms with E-state index in [0.29, 0.717) is 5.56 Å². The van der Waals surface area contributed by atoms with Crippen molar-refractivity contribution in [3.05, 3.63) is 27.7 Å². The SMILES string of the molecule is CC(=O)c1cc(Cl)c(NC(N)=O)c(Cl)c1. The Hall–Kier alpha value is -1.26. The van der Waals surface area contributed by atoms with Gasteiger partial charge in [-0.05, 0) is 19.1 Å². The van der Waals surface area contributed by atoms with Crippen LogP contribution in [0, 0.1) is 0 Å². The molecule has 4 nitrogen and oxygen atoms in total. The van der Waals surface area contributed by atoms with Crippen LogP contribution in [-0.2, 0) is 0 Å². The third kappa shape index (κ3) is 2.84. The van der Waals surface area contributed by atoms with Crippen LogP contribution in [0.25, 0.3) is 0 Å². The van der Waals surface area contributed by atoms with Gasteiger partial charge in [-0.25, -0.2) is 4.79 Å². The van der Waals surface area contributed by atoms with Crippen molar-refractivity contribution in [2.75, 3.05) is 5.32 Å². The van der Waals surface area contributed by atoms with Gasteiger partial charge in [0, 0.05) is 5.56 Å². The summed E-state index contributed by atoms with van der Waals surface area (Å²) in [7, 11) is 0. The normalized spacial score (nSPS) is 9.80. The fourth-order valence-electron chi connectivity index (χ4n) is 1.02. The van der Waals surface area contributed by atoms with Crippen LogP contribution in [0.3, 0.4) is 0 Å². The van der Waals surface area contributed by atoms with Gasteiger partial charge in [-0.1, -0.05) is 23.2 Å². The van der Waals surface area contributed by atoms with Crippen LogP contribution >= 0.6 is 23.2 Å². The highest BCUT2D eigenvalue weighted by molar-refractivity contribution is 6.40. The first-order valence-electron chi connectivity index (χ1n) is 3.98. The Bertz CT molecular complexity index is 409. The molecule has 15 heavy (non-hydrogen) atoms. The summed E-state index contributed by atoms with van der Waals surface area (Å²) in [5.74, 6) is -0.163. The van der Waals surface area contributed by atoms with Gasteiger partial charge >= 0.3 is 6.03 Å². The fourth-order valence-corrected chi connectivity index (χ4v) is 1.60. The zero-order chi connectivity index (χ0) is 11.6. The van der Waals surface area contributed by atoms with Crippen LogP contribution in [0.4, 0.5) is 10.5 Å². The number of urea groups is 1. The molecule has 0 fully saturated rings. The average molecular weight is 247 g/mol. The summed E-state index contributed by atoms with van der Waals surface area (Å²) in [6, 6.07) is 2.07. The Morgan fingerprint density at radius 3 is 2.07 bits per heavy atom. The molecule has 6 heteroatoms. The van der Waals surface area contributed by atoms with Crippen molar-refractivity contribution in [3.63, 3.8) is 0 Å². The maximum absolute atomic E-state index is 11.1. The van der Waals surface area contributed by atoms with Gasteiger partial charge in [0.25, 0.3) is 0 Å². The molecule has 1 aromatic rings. The number of Topliss-reactive ketones (excluding diaryl/α,β-unsaturated/α-hetero) is 1. The van der Waals surface area contributed by atoms with E-state index in [9.17, 15) is 9.59 Å². The molecule has 1 rings (SSSR count). The molecule has 0 saturated heterocycles. The molecular formula is C9H8Cl2N2O2. The number of benzene rings is 1. The van der Waals surface area contributed by atoms with E-state index in [1.807, 2.05) is 0 Å². The van der Waals surface area contributed by atoms with Gasteiger partial charge in [-0.15, -0.1) is 0 Å². The van der Waals surface area contributed by atoms with Crippen molar-refractivity contribution in [2.45, 2.75) is 6.92 Å². The minimum absolute atomic E-state index is 0.163. The number of nitrogens with two attached hydrogens (primary N) is 1. The van der Waals surface area contributed by atoms with E-state index < -0.39 is 6.03 Å². The predicted molar refractivity (Wildman–Crippen MR) is 59.7 cm³/mol. The predicted octanol–water partition coefficient (Wildman–Crippen LogP) is 2.69. The number of amides is 2. The van der Waals surface area contributed by atoms with Crippen molar-refractivity contribution >= 4 is 40.7 Å². The Morgan fingerprint density at radius 1 is 1.27 bits per heavy atom. The second-order valence-corrected chi connectivity index (χ2v) is 3.67. The number of halogens is 2. The molecule has 0 radical (unpaired) electrons. The second kappa shape index (κ2) is 4.51. The third-order valence-corrected chi connectivity index (χ3v) is 2.29. The van der Waals surface area contributed by atoms with E-state index >= 15 is 0 Å². The Labute approximate surface area is 96.3 Å². The van der Waals surface area contributed by atoms with Crippen LogP contribution in [0.15, 0.2) is 12.1 Å². The lowest BCUT2D eigenvalue weighted by molar-refractivity contribution is 0.101. The number of carbonyl (C=O) groups excluding carboxylic acids is 2. The molecule has 2 amide bonds. The molecule has 0 aliphatic carbocycles. The lowest BCUT2D eigenvalue weighted by Crippen LogP contribution is -2.19. The molecule has 0 spiro atoms. The van der Waals surface area contributed by atoms with Crippen molar-refractivity contribution in [3.8, 4) is 0 Å². The number of primary amides is 1. The van der Waals surface area contributed by atoms with Crippen LogP contribution in [-0.4, -0.2) is 11.8 Å². The van der Waals surface area contributed by atoms with Crippen LogP contribution < -0.4 is 11.1 Å². The van der Waals surface area contributed by atoms with Crippen LogP contribution in [0.2, 0.25) is 10.0 Å². The fraction of sp³-hybridized carbons (Fsp3) is 0.111. The molecule has 0 bridgehead atoms. The van der Waals surface area contributed by atoms with Gasteiger partial charge in [0.1, 0.15) is 0 Å². The molecule has 0 atom stereocenters. The number of nitrogens with one attached hydrogen (secondary N) is 1. The minimum atomic E-state index is -0.769. The Morgan fingerprint density at radius 2 is 1.73 bits per heavy atom. The van der Waals surface area contributed by atoms with E-state index in [1.165, 1.54) is 19.1 Å². The van der Waals surface area contributed by atoms with Crippen molar-refractivity contribution in [2.24, 2.45) is 5.73 Å². The number of hydrogen-bond donors (Lipinski definition) is 2. The maximum atomic E-state index is 11.1. The molecule has 1 aromatic carbocycles. The maximum Gasteiger partial charge on any atom is 0.316 e. The Balaban J connectivity index is 3.21. The standard InChI is InChI=1S/C9H8Cl2N2O2/c1-4(14)5-2-6(10)8(7(11)3-5)13-9(12)15/h2-3H,1H3,(H3,12,13,15). The van der Waals surface area contributed by atoms with E-state index in [0.717, 1.165) is 0 Å². The lowest BCUT2D eigenvalue weighted by Gasteiger charge is -2.08. The monoisotopic (exact) mass is 246 g/mol. The Kier molecular flexibility index (Phi) is 3.55. The van der Waals surface area contributed by atoms with Gasteiger partial charge in [-0.3, -0.25) is 4.79 Å². The minimum Gasteiger partial charge on any atom is -0.351 e. The van der Waals surface area contributed by atoms with E-state index in [2.05, 4.69) is 5.32 Å². The van der Waals surface area contributed by atoms with E-state index in [4.69, 9.17) is 28.9 Å². The summed E-state index contributed by atoms with van der Waals surface area (Å²) >= 11 is 11.6. The molecule has 0 saturated carbocycles. The number of hydrogen-bond acceptors (Lipinski definition) is 2. The highest BCUT2D eigenvalue weighted by Crippen LogP contribution is 2.31. The average Bonchev–Trinajstić information content (AvgIpc) is 2.10. The molecule has 0 heterocycles. The molecule has 3 N–H and O–H groups in total. The number of carbonyl (C=O) groups is 2. The molecule has 0 unspecified atom stereocenters. The van der Waals surface area contributed by atoms with Gasteiger partial charge in [-0.2, -0.15) is 0 Å². The summed E-state index contributed by atoms with van der Waals surface area (Å²) in [5, 5.41) is 2.62. The highest BCUT2D eigenvalue weighted by Gasteiger charge is 2.11. The van der Waals surface area contributed by atoms with Crippen LogP contribution in [0.1, 0.15) is 17.3 Å². The molecule has 80 valence electrons. The summed E-state index contributed by atoms with van der Waals surface area (Å²) in [5.41, 5.74) is 5.51. The first-order valence-corrected chi connectivity index (χ1v) is 4.74. The summed E-state index contributed by atoms with van der Waals surface area (Å²) in [6.07, 6.45) is 0. The van der Waals surface area contributed by atoms with Gasteiger partial charge in [0.05, 0.1) is 15.7 Å². The molecular weight excluding hydrogens is 239 g/mol. The van der Waals surface area contributed by atoms with Gasteiger partial charge < -0.3 is 11.1 Å². The van der Waals surface area contributed by atoms with Crippen molar-refractivity contribution in [1.29, 1.82) is 0 Å². The van der Waals surface area contributed by atoms with Crippen molar-refractivity contribution < 1.29 is 9.59 Å². The smallest absolute Gasteiger partial charge is 0.316 e. The topological polar surface area (TPSA) is 72.2 Å². The lowest BCUT2D eigenvalue weighted by atomic mass is 10.1. The largest absolute Gasteiger partial charge is 0.351 e. The van der Waals surface area contributed by atoms with E-state index in [-0.39, 0.29) is 21.5 Å². The van der Waals surface area contributed by atoms with Crippen LogP contribution in [0.5, 0.6) is 0 Å². The van der Waals surface area contributed by atoms with Crippen molar-refractivity contribution in [1.82, 2.24) is 0 Å². The van der Waals surface area contributed by atoms with Gasteiger partial charge in [0.2, 0.25) is 0 Å². The van der Waals surface area contributed by atoms with E-state index in [1.54, 1.807) is 0 Å². The third-order valence-electron chi connectivity index (χ3n) is 1.70. The summed E-state index contributed by atoms with van der Waals surface area (Å²) in [4.78, 5) is 21.7. The van der Waals surface area contributed by atoms with Gasteiger partial charge in [0.15, 0.2) is 5.78 Å². The first kappa shape index (κ1) is 11.8. The zero-order valence-corrected chi connectivity index (χ0v) is 9.32. The number of rotatable bonds is 2. The quantitative estimate of drug-likeness (QED) is 0.788. The number of anilines is 1. The molecule has 0 aromatic heterocycles. The molecule has 0 aliphatic rings. The zero-order valence-electron chi connectivity index (χ0n) is 7.80. The molecule has 0 aliphatic heterocycles. The summed E-state index contributed by atoms with van der Waals surface area (Å²) in [6.45, 7) is 1.39. The first-order chi connectivity index (χ1) is 6.91. The second-order valence-electron chi connectivity index (χ2n) is 2.86. The highest BCUT2D eigenvalue weighted by atomic mass is 35.5. The number of ketones is 1. The summed E-state index contributed by atoms with van der Waals surface area (Å²) < 4.78 is 0.